The Balaban J connectivity index is 1.60. The Hall–Kier alpha value is -1.85. The van der Waals surface area contributed by atoms with Gasteiger partial charge in [-0.25, -0.2) is 14.4 Å². The lowest BCUT2D eigenvalue weighted by Gasteiger charge is -2.60. The lowest BCUT2D eigenvalue weighted by Crippen LogP contribution is -2.60. The highest BCUT2D eigenvalue weighted by Gasteiger charge is 2.58. The Bertz CT molecular complexity index is 638. The molecule has 0 amide bonds. The largest absolute Gasteiger partial charge is 0.456 e. The maximum absolute atomic E-state index is 12.8. The minimum Gasteiger partial charge on any atom is -0.456 e. The quantitative estimate of drug-likeness (QED) is 0.374. The maximum atomic E-state index is 12.8. The fourth-order valence-electron chi connectivity index (χ4n) is 5.70. The molecular weight excluding hydrogens is 360 g/mol. The molecule has 6 nitrogen and oxygen atoms in total. The minimum atomic E-state index is -1.11. The van der Waals surface area contributed by atoms with Crippen molar-refractivity contribution in [3.63, 3.8) is 0 Å². The Morgan fingerprint density at radius 1 is 0.929 bits per heavy atom. The zero-order valence-electron chi connectivity index (χ0n) is 17.4. The first kappa shape index (κ1) is 20.9. The van der Waals surface area contributed by atoms with E-state index in [2.05, 4.69) is 13.5 Å². The molecule has 28 heavy (non-hydrogen) atoms. The highest BCUT2D eigenvalue weighted by atomic mass is 16.6. The molecule has 2 unspecified atom stereocenters. The lowest BCUT2D eigenvalue weighted by atomic mass is 9.49. The fraction of sp³-hybridized carbons (Fsp3) is 0.773. The van der Waals surface area contributed by atoms with Crippen molar-refractivity contribution in [3.8, 4) is 0 Å². The number of esters is 3. The van der Waals surface area contributed by atoms with Crippen molar-refractivity contribution in [2.24, 2.45) is 23.7 Å². The van der Waals surface area contributed by atoms with Gasteiger partial charge in [-0.1, -0.05) is 13.5 Å². The van der Waals surface area contributed by atoms with Gasteiger partial charge in [-0.15, -0.1) is 0 Å². The van der Waals surface area contributed by atoms with Gasteiger partial charge < -0.3 is 14.2 Å². The van der Waals surface area contributed by atoms with Crippen LogP contribution in [-0.2, 0) is 28.6 Å². The molecule has 0 aliphatic heterocycles. The van der Waals surface area contributed by atoms with Crippen LogP contribution in [0.5, 0.6) is 0 Å². The van der Waals surface area contributed by atoms with Crippen molar-refractivity contribution >= 4 is 17.9 Å². The van der Waals surface area contributed by atoms with E-state index >= 15 is 0 Å². The van der Waals surface area contributed by atoms with Gasteiger partial charge in [0.05, 0.1) is 0 Å². The summed E-state index contributed by atoms with van der Waals surface area (Å²) in [5.74, 6) is 0.432. The number of hydrogen-bond donors (Lipinski definition) is 0. The van der Waals surface area contributed by atoms with E-state index in [4.69, 9.17) is 14.2 Å². The number of rotatable bonds is 7. The first-order valence-corrected chi connectivity index (χ1v) is 10.5. The van der Waals surface area contributed by atoms with E-state index in [-0.39, 0.29) is 5.57 Å². The van der Waals surface area contributed by atoms with E-state index in [1.54, 1.807) is 0 Å². The Morgan fingerprint density at radius 3 is 1.89 bits per heavy atom. The molecule has 0 saturated heterocycles. The van der Waals surface area contributed by atoms with Crippen LogP contribution in [0.4, 0.5) is 0 Å². The SMILES string of the molecule is C=C(C)C(=O)OC(C)C(=O)OC(C)C(=O)OC1(CC)C2CC3CC(C2)CC1C3. The van der Waals surface area contributed by atoms with Crippen molar-refractivity contribution in [2.45, 2.75) is 84.0 Å². The normalized spacial score (nSPS) is 35.0. The van der Waals surface area contributed by atoms with E-state index < -0.39 is 35.7 Å². The van der Waals surface area contributed by atoms with Gasteiger partial charge in [-0.3, -0.25) is 0 Å². The molecule has 4 aliphatic carbocycles. The average molecular weight is 392 g/mol. The summed E-state index contributed by atoms with van der Waals surface area (Å²) in [6, 6.07) is 0. The summed E-state index contributed by atoms with van der Waals surface area (Å²) in [6.45, 7) is 9.97. The third kappa shape index (κ3) is 3.83. The molecule has 4 bridgehead atoms. The van der Waals surface area contributed by atoms with Crippen molar-refractivity contribution in [3.05, 3.63) is 12.2 Å². The van der Waals surface area contributed by atoms with Crippen molar-refractivity contribution in [1.82, 2.24) is 0 Å². The second-order valence-electron chi connectivity index (χ2n) is 8.94. The topological polar surface area (TPSA) is 78.9 Å². The highest BCUT2D eigenvalue weighted by molar-refractivity contribution is 5.89. The number of hydrogen-bond acceptors (Lipinski definition) is 6. The fourth-order valence-corrected chi connectivity index (χ4v) is 5.70. The first-order valence-electron chi connectivity index (χ1n) is 10.5. The predicted octanol–water partition coefficient (Wildman–Crippen LogP) is 3.57. The second kappa shape index (κ2) is 7.88. The zero-order chi connectivity index (χ0) is 20.6. The molecule has 0 spiro atoms. The van der Waals surface area contributed by atoms with E-state index in [1.807, 2.05) is 0 Å². The van der Waals surface area contributed by atoms with Crippen LogP contribution in [-0.4, -0.2) is 35.7 Å². The Morgan fingerprint density at radius 2 is 1.43 bits per heavy atom. The summed E-state index contributed by atoms with van der Waals surface area (Å²) in [4.78, 5) is 36.5. The van der Waals surface area contributed by atoms with Gasteiger partial charge in [0.2, 0.25) is 0 Å². The Kier molecular flexibility index (Phi) is 5.87. The molecule has 0 aromatic rings. The maximum Gasteiger partial charge on any atom is 0.348 e. The molecule has 4 saturated carbocycles. The smallest absolute Gasteiger partial charge is 0.348 e. The number of ether oxygens (including phenoxy) is 3. The van der Waals surface area contributed by atoms with Crippen LogP contribution in [0, 0.1) is 23.7 Å². The monoisotopic (exact) mass is 392 g/mol. The lowest BCUT2D eigenvalue weighted by molar-refractivity contribution is -0.219. The number of carbonyl (C=O) groups excluding carboxylic acids is 3. The molecule has 156 valence electrons. The summed E-state index contributed by atoms with van der Waals surface area (Å²) in [5.41, 5.74) is -0.234. The van der Waals surface area contributed by atoms with Gasteiger partial charge in [-0.05, 0) is 83.0 Å². The van der Waals surface area contributed by atoms with Gasteiger partial charge in [0.1, 0.15) is 5.60 Å². The van der Waals surface area contributed by atoms with Gasteiger partial charge in [0.25, 0.3) is 0 Å². The molecule has 6 heteroatoms. The molecule has 0 radical (unpaired) electrons. The zero-order valence-corrected chi connectivity index (χ0v) is 17.4. The summed E-state index contributed by atoms with van der Waals surface area (Å²) in [6.07, 6.45) is 4.51. The van der Waals surface area contributed by atoms with Crippen LogP contribution < -0.4 is 0 Å². The minimum absolute atomic E-state index is 0.193. The van der Waals surface area contributed by atoms with Crippen LogP contribution in [0.15, 0.2) is 12.2 Å². The predicted molar refractivity (Wildman–Crippen MR) is 102 cm³/mol. The molecule has 4 aliphatic rings. The molecule has 4 rings (SSSR count). The molecule has 0 aromatic carbocycles. The molecule has 0 aromatic heterocycles. The second-order valence-corrected chi connectivity index (χ2v) is 8.94. The summed E-state index contributed by atoms with van der Waals surface area (Å²) >= 11 is 0. The van der Waals surface area contributed by atoms with E-state index in [9.17, 15) is 14.4 Å². The van der Waals surface area contributed by atoms with Crippen molar-refractivity contribution in [1.29, 1.82) is 0 Å². The van der Waals surface area contributed by atoms with Crippen LogP contribution in [0.25, 0.3) is 0 Å². The third-order valence-electron chi connectivity index (χ3n) is 6.95. The van der Waals surface area contributed by atoms with Crippen LogP contribution in [0.1, 0.15) is 66.2 Å². The third-order valence-corrected chi connectivity index (χ3v) is 6.95. The van der Waals surface area contributed by atoms with E-state index in [1.165, 1.54) is 27.2 Å². The average Bonchev–Trinajstić information content (AvgIpc) is 2.63. The molecular formula is C22H32O6. The van der Waals surface area contributed by atoms with Gasteiger partial charge in [0, 0.05) is 5.57 Å². The summed E-state index contributed by atoms with van der Waals surface area (Å²) in [7, 11) is 0. The first-order chi connectivity index (χ1) is 13.2. The van der Waals surface area contributed by atoms with Crippen LogP contribution >= 0.6 is 0 Å². The van der Waals surface area contributed by atoms with Crippen LogP contribution in [0.3, 0.4) is 0 Å². The molecule has 0 N–H and O–H groups in total. The van der Waals surface area contributed by atoms with Crippen LogP contribution in [0.2, 0.25) is 0 Å². The Labute approximate surface area is 167 Å². The van der Waals surface area contributed by atoms with Gasteiger partial charge in [-0.2, -0.15) is 0 Å². The molecule has 2 atom stereocenters. The van der Waals surface area contributed by atoms with E-state index in [0.717, 1.165) is 43.9 Å². The van der Waals surface area contributed by atoms with Gasteiger partial charge >= 0.3 is 17.9 Å². The highest BCUT2D eigenvalue weighted by Crippen LogP contribution is 2.60. The van der Waals surface area contributed by atoms with Gasteiger partial charge in [0.15, 0.2) is 12.2 Å². The summed E-state index contributed by atoms with van der Waals surface area (Å²) in [5, 5.41) is 0. The standard InChI is InChI=1S/C22H32O6/c1-6-22(17-8-15-7-16(10-17)11-18(22)9-15)28-21(25)14(5)27-20(24)13(4)26-19(23)12(2)3/h13-18H,2,6-11H2,1,3-5H3. The number of carbonyl (C=O) groups is 3. The molecule has 0 heterocycles. The molecule has 4 fully saturated rings. The summed E-state index contributed by atoms with van der Waals surface area (Å²) < 4.78 is 16.3. The van der Waals surface area contributed by atoms with Crippen molar-refractivity contribution < 1.29 is 28.6 Å². The van der Waals surface area contributed by atoms with Crippen molar-refractivity contribution in [2.75, 3.05) is 0 Å². The van der Waals surface area contributed by atoms with E-state index in [0.29, 0.717) is 11.8 Å².